The van der Waals surface area contributed by atoms with E-state index in [0.29, 0.717) is 5.92 Å². The van der Waals surface area contributed by atoms with E-state index in [9.17, 15) is 9.59 Å². The van der Waals surface area contributed by atoms with Crippen LogP contribution in [0.25, 0.3) is 0 Å². The number of carbonyl (C=O) groups is 2. The van der Waals surface area contributed by atoms with Gasteiger partial charge in [0.25, 0.3) is 5.91 Å². The quantitative estimate of drug-likeness (QED) is 0.761. The molecule has 1 saturated carbocycles. The highest BCUT2D eigenvalue weighted by Crippen LogP contribution is 2.37. The van der Waals surface area contributed by atoms with E-state index in [1.165, 1.54) is 7.11 Å². The van der Waals surface area contributed by atoms with Crippen molar-refractivity contribution in [3.63, 3.8) is 0 Å². The summed E-state index contributed by atoms with van der Waals surface area (Å²) in [7, 11) is 1.29. The van der Waals surface area contributed by atoms with E-state index < -0.39 is 17.9 Å². The molecule has 0 spiro atoms. The Morgan fingerprint density at radius 1 is 1.42 bits per heavy atom. The maximum atomic E-state index is 12.0. The predicted molar refractivity (Wildman–Crippen MR) is 66.5 cm³/mol. The van der Waals surface area contributed by atoms with Crippen molar-refractivity contribution in [1.82, 2.24) is 20.5 Å². The van der Waals surface area contributed by atoms with Gasteiger partial charge in [0, 0.05) is 5.92 Å². The number of amides is 1. The Bertz CT molecular complexity index is 479. The van der Waals surface area contributed by atoms with Gasteiger partial charge < -0.3 is 10.1 Å². The smallest absolute Gasteiger partial charge is 0.328 e. The molecule has 1 aliphatic carbocycles. The summed E-state index contributed by atoms with van der Waals surface area (Å²) in [6.07, 6.45) is 2.15. The second-order valence-electron chi connectivity index (χ2n) is 5.04. The van der Waals surface area contributed by atoms with Crippen LogP contribution in [-0.2, 0) is 9.53 Å². The van der Waals surface area contributed by atoms with Crippen molar-refractivity contribution in [3.8, 4) is 0 Å². The van der Waals surface area contributed by atoms with Crippen LogP contribution in [0, 0.1) is 5.92 Å². The van der Waals surface area contributed by atoms with Crippen molar-refractivity contribution in [2.75, 3.05) is 7.11 Å². The molecule has 1 fully saturated rings. The van der Waals surface area contributed by atoms with Crippen molar-refractivity contribution in [3.05, 3.63) is 11.6 Å². The normalized spacial score (nSPS) is 16.2. The van der Waals surface area contributed by atoms with Gasteiger partial charge in [-0.25, -0.2) is 9.78 Å². The molecule has 2 rings (SSSR count). The molecule has 2 N–H and O–H groups in total. The summed E-state index contributed by atoms with van der Waals surface area (Å²) in [5.74, 6) is 0.197. The Kier molecular flexibility index (Phi) is 3.82. The van der Waals surface area contributed by atoms with Gasteiger partial charge in [0.2, 0.25) is 5.82 Å². The standard InChI is InChI=1S/C12H18N4O3/c1-6(2)8(12(18)19-3)13-11(17)10-14-9(15-16-10)7-4-5-7/h6-8H,4-5H2,1-3H3,(H,13,17)(H,14,15,16)/t8-/m0/s1. The van der Waals surface area contributed by atoms with Crippen LogP contribution in [0.5, 0.6) is 0 Å². The van der Waals surface area contributed by atoms with Gasteiger partial charge >= 0.3 is 5.97 Å². The third-order valence-corrected chi connectivity index (χ3v) is 3.08. The van der Waals surface area contributed by atoms with E-state index in [1.54, 1.807) is 0 Å². The minimum Gasteiger partial charge on any atom is -0.467 e. The van der Waals surface area contributed by atoms with Crippen LogP contribution in [0.4, 0.5) is 0 Å². The van der Waals surface area contributed by atoms with E-state index in [1.807, 2.05) is 13.8 Å². The molecule has 1 atom stereocenters. The van der Waals surface area contributed by atoms with Gasteiger partial charge in [0.1, 0.15) is 11.9 Å². The predicted octanol–water partition coefficient (Wildman–Crippen LogP) is 0.609. The highest BCUT2D eigenvalue weighted by Gasteiger charge is 2.30. The number of ether oxygens (including phenoxy) is 1. The third-order valence-electron chi connectivity index (χ3n) is 3.08. The lowest BCUT2D eigenvalue weighted by Crippen LogP contribution is -2.45. The molecule has 1 aliphatic rings. The molecule has 104 valence electrons. The number of aromatic nitrogens is 3. The first-order chi connectivity index (χ1) is 9.02. The summed E-state index contributed by atoms with van der Waals surface area (Å²) in [5, 5.41) is 9.23. The lowest BCUT2D eigenvalue weighted by Gasteiger charge is -2.18. The first-order valence-corrected chi connectivity index (χ1v) is 6.34. The van der Waals surface area contributed by atoms with Gasteiger partial charge in [-0.15, -0.1) is 5.10 Å². The highest BCUT2D eigenvalue weighted by atomic mass is 16.5. The first-order valence-electron chi connectivity index (χ1n) is 6.34. The van der Waals surface area contributed by atoms with Gasteiger partial charge in [0.15, 0.2) is 0 Å². The number of H-pyrrole nitrogens is 1. The largest absolute Gasteiger partial charge is 0.467 e. The average Bonchev–Trinajstić information content (AvgIpc) is 3.12. The summed E-state index contributed by atoms with van der Waals surface area (Å²) in [6.45, 7) is 3.66. The van der Waals surface area contributed by atoms with Crippen molar-refractivity contribution in [1.29, 1.82) is 0 Å². The van der Waals surface area contributed by atoms with Crippen molar-refractivity contribution < 1.29 is 14.3 Å². The second-order valence-corrected chi connectivity index (χ2v) is 5.04. The van der Waals surface area contributed by atoms with Gasteiger partial charge in [-0.05, 0) is 18.8 Å². The SMILES string of the molecule is COC(=O)[C@@H](NC(=O)c1n[nH]c(C2CC2)n1)C(C)C. The second kappa shape index (κ2) is 5.38. The molecule has 1 amide bonds. The summed E-state index contributed by atoms with van der Waals surface area (Å²) in [4.78, 5) is 27.7. The number of nitrogens with one attached hydrogen (secondary N) is 2. The van der Waals surface area contributed by atoms with Crippen molar-refractivity contribution in [2.45, 2.75) is 38.6 Å². The maximum absolute atomic E-state index is 12.0. The number of rotatable bonds is 5. The first kappa shape index (κ1) is 13.5. The number of aromatic amines is 1. The van der Waals surface area contributed by atoms with Crippen LogP contribution in [0.1, 0.15) is 49.1 Å². The Morgan fingerprint density at radius 3 is 2.63 bits per heavy atom. The Hall–Kier alpha value is -1.92. The van der Waals surface area contributed by atoms with E-state index in [-0.39, 0.29) is 11.7 Å². The summed E-state index contributed by atoms with van der Waals surface area (Å²) < 4.78 is 4.66. The Labute approximate surface area is 111 Å². The zero-order chi connectivity index (χ0) is 14.0. The van der Waals surface area contributed by atoms with Crippen LogP contribution < -0.4 is 5.32 Å². The summed E-state index contributed by atoms with van der Waals surface area (Å²) in [5.41, 5.74) is 0. The number of hydrogen-bond acceptors (Lipinski definition) is 5. The zero-order valence-corrected chi connectivity index (χ0v) is 11.3. The summed E-state index contributed by atoms with van der Waals surface area (Å²) in [6, 6.07) is -0.694. The molecule has 1 aromatic heterocycles. The minimum atomic E-state index is -0.694. The number of carbonyl (C=O) groups excluding carboxylic acids is 2. The van der Waals surface area contributed by atoms with Crippen LogP contribution in [0.15, 0.2) is 0 Å². The lowest BCUT2D eigenvalue weighted by atomic mass is 10.0. The average molecular weight is 266 g/mol. The number of hydrogen-bond donors (Lipinski definition) is 2. The number of esters is 1. The van der Waals surface area contributed by atoms with Crippen LogP contribution in [0.3, 0.4) is 0 Å². The molecule has 0 bridgehead atoms. The lowest BCUT2D eigenvalue weighted by molar-refractivity contribution is -0.144. The molecular formula is C12H18N4O3. The van der Waals surface area contributed by atoms with Crippen molar-refractivity contribution in [2.24, 2.45) is 5.92 Å². The minimum absolute atomic E-state index is 0.0662. The van der Waals surface area contributed by atoms with Gasteiger partial charge in [0.05, 0.1) is 7.11 Å². The van der Waals surface area contributed by atoms with Gasteiger partial charge in [-0.1, -0.05) is 13.8 Å². The van der Waals surface area contributed by atoms with Crippen molar-refractivity contribution >= 4 is 11.9 Å². The Balaban J connectivity index is 2.03. The monoisotopic (exact) mass is 266 g/mol. The molecule has 7 nitrogen and oxygen atoms in total. The molecule has 0 radical (unpaired) electrons. The van der Waals surface area contributed by atoms with Crippen LogP contribution >= 0.6 is 0 Å². The van der Waals surface area contributed by atoms with E-state index in [2.05, 4.69) is 25.2 Å². The van der Waals surface area contributed by atoms with E-state index in [0.717, 1.165) is 18.7 Å². The van der Waals surface area contributed by atoms with Gasteiger partial charge in [-0.2, -0.15) is 0 Å². The van der Waals surface area contributed by atoms with E-state index >= 15 is 0 Å². The molecule has 7 heteroatoms. The fraction of sp³-hybridized carbons (Fsp3) is 0.667. The fourth-order valence-electron chi connectivity index (χ4n) is 1.75. The molecule has 0 unspecified atom stereocenters. The molecule has 0 aliphatic heterocycles. The summed E-state index contributed by atoms with van der Waals surface area (Å²) >= 11 is 0. The molecule has 1 heterocycles. The van der Waals surface area contributed by atoms with E-state index in [4.69, 9.17) is 0 Å². The molecule has 1 aromatic rings. The Morgan fingerprint density at radius 2 is 2.11 bits per heavy atom. The maximum Gasteiger partial charge on any atom is 0.328 e. The van der Waals surface area contributed by atoms with Crippen LogP contribution in [0.2, 0.25) is 0 Å². The third kappa shape index (κ3) is 3.10. The number of methoxy groups -OCH3 is 1. The number of nitrogens with zero attached hydrogens (tertiary/aromatic N) is 2. The fourth-order valence-corrected chi connectivity index (χ4v) is 1.75. The zero-order valence-electron chi connectivity index (χ0n) is 11.3. The highest BCUT2D eigenvalue weighted by molar-refractivity contribution is 5.93. The van der Waals surface area contributed by atoms with Crippen LogP contribution in [-0.4, -0.2) is 40.2 Å². The molecule has 0 saturated heterocycles. The molecular weight excluding hydrogens is 248 g/mol. The molecule has 19 heavy (non-hydrogen) atoms. The molecule has 0 aromatic carbocycles. The topological polar surface area (TPSA) is 97.0 Å². The van der Waals surface area contributed by atoms with Gasteiger partial charge in [-0.3, -0.25) is 9.89 Å².